The molecule has 0 saturated carbocycles. The molecule has 7 nitrogen and oxygen atoms in total. The van der Waals surface area contributed by atoms with Gasteiger partial charge in [0.2, 0.25) is 5.91 Å². The number of amides is 1. The Morgan fingerprint density at radius 3 is 2.52 bits per heavy atom. The van der Waals surface area contributed by atoms with Crippen molar-refractivity contribution in [2.45, 2.75) is 53.6 Å². The van der Waals surface area contributed by atoms with Crippen LogP contribution in [0.1, 0.15) is 39.2 Å². The Morgan fingerprint density at radius 2 is 1.82 bits per heavy atom. The van der Waals surface area contributed by atoms with Gasteiger partial charge in [-0.25, -0.2) is 9.18 Å². The minimum absolute atomic E-state index is 0.0434. The quantitative estimate of drug-likeness (QED) is 0.527. The predicted molar refractivity (Wildman–Crippen MR) is 127 cm³/mol. The van der Waals surface area contributed by atoms with Gasteiger partial charge in [-0.2, -0.15) is 0 Å². The smallest absolute Gasteiger partial charge is 0.331 e. The number of hydrogen-bond acceptors (Lipinski definition) is 4. The zero-order chi connectivity index (χ0) is 24.1. The molecule has 176 valence electrons. The Kier molecular flexibility index (Phi) is 7.68. The highest BCUT2D eigenvalue weighted by atomic mass is 19.1. The average molecular weight is 456 g/mol. The molecule has 0 saturated heterocycles. The van der Waals surface area contributed by atoms with Crippen LogP contribution in [-0.2, 0) is 17.9 Å². The van der Waals surface area contributed by atoms with Crippen LogP contribution in [0.3, 0.4) is 0 Å². The summed E-state index contributed by atoms with van der Waals surface area (Å²) in [7, 11) is 0. The van der Waals surface area contributed by atoms with E-state index in [2.05, 4.69) is 5.32 Å². The molecule has 1 atom stereocenters. The van der Waals surface area contributed by atoms with Crippen LogP contribution in [0.4, 0.5) is 10.1 Å². The molecule has 0 radical (unpaired) electrons. The first-order valence-electron chi connectivity index (χ1n) is 11.2. The summed E-state index contributed by atoms with van der Waals surface area (Å²) in [6.07, 6.45) is 0.905. The maximum absolute atomic E-state index is 13.4. The minimum atomic E-state index is -0.364. The molecule has 3 rings (SSSR count). The highest BCUT2D eigenvalue weighted by Gasteiger charge is 2.14. The number of anilines is 1. The number of nitrogens with zero attached hydrogens (tertiary/aromatic N) is 2. The maximum Gasteiger partial charge on any atom is 0.331 e. The predicted octanol–water partition coefficient (Wildman–Crippen LogP) is 4.08. The number of rotatable bonds is 9. The van der Waals surface area contributed by atoms with Crippen molar-refractivity contribution in [2.24, 2.45) is 5.92 Å². The highest BCUT2D eigenvalue weighted by Crippen LogP contribution is 2.20. The molecule has 2 aromatic carbocycles. The highest BCUT2D eigenvalue weighted by molar-refractivity contribution is 5.93. The van der Waals surface area contributed by atoms with Crippen molar-refractivity contribution in [1.29, 1.82) is 0 Å². The molecular weight excluding hydrogens is 425 g/mol. The van der Waals surface area contributed by atoms with Crippen molar-refractivity contribution in [3.63, 3.8) is 0 Å². The standard InChI is InChI=1S/C25H30FN3O4/c1-5-28-21-10-9-19(15-20(21)24(31)29(6-2)25(28)32)27-23(30)13-16(3)11-12-33-22-14-18(26)8-7-17(22)4/h7-10,14-16H,5-6,11-13H2,1-4H3,(H,27,30). The van der Waals surface area contributed by atoms with Gasteiger partial charge in [0.05, 0.1) is 17.5 Å². The van der Waals surface area contributed by atoms with Gasteiger partial charge in [-0.05, 0) is 62.9 Å². The molecule has 1 unspecified atom stereocenters. The van der Waals surface area contributed by atoms with Crippen LogP contribution < -0.4 is 21.3 Å². The van der Waals surface area contributed by atoms with Crippen LogP contribution in [0.25, 0.3) is 10.9 Å². The summed E-state index contributed by atoms with van der Waals surface area (Å²) in [5.74, 6) is 0.0245. The topological polar surface area (TPSA) is 82.3 Å². The van der Waals surface area contributed by atoms with Gasteiger partial charge in [-0.15, -0.1) is 0 Å². The van der Waals surface area contributed by atoms with E-state index in [9.17, 15) is 18.8 Å². The zero-order valence-corrected chi connectivity index (χ0v) is 19.5. The van der Waals surface area contributed by atoms with E-state index < -0.39 is 0 Å². The molecule has 3 aromatic rings. The fraction of sp³-hybridized carbons (Fsp3) is 0.400. The van der Waals surface area contributed by atoms with Gasteiger partial charge in [0.15, 0.2) is 0 Å². The molecule has 1 aromatic heterocycles. The number of carbonyl (C=O) groups excluding carboxylic acids is 1. The van der Waals surface area contributed by atoms with Crippen molar-refractivity contribution in [3.05, 3.63) is 68.6 Å². The second-order valence-corrected chi connectivity index (χ2v) is 8.21. The van der Waals surface area contributed by atoms with Gasteiger partial charge in [0, 0.05) is 31.3 Å². The van der Waals surface area contributed by atoms with Crippen molar-refractivity contribution in [2.75, 3.05) is 11.9 Å². The molecule has 1 amide bonds. The van der Waals surface area contributed by atoms with Gasteiger partial charge >= 0.3 is 5.69 Å². The van der Waals surface area contributed by atoms with E-state index in [1.807, 2.05) is 20.8 Å². The van der Waals surface area contributed by atoms with Crippen molar-refractivity contribution in [1.82, 2.24) is 9.13 Å². The van der Waals surface area contributed by atoms with Gasteiger partial charge in [-0.1, -0.05) is 13.0 Å². The first-order chi connectivity index (χ1) is 15.7. The number of carbonyl (C=O) groups is 1. The first-order valence-corrected chi connectivity index (χ1v) is 11.2. The number of benzene rings is 2. The van der Waals surface area contributed by atoms with Gasteiger partial charge in [0.25, 0.3) is 5.56 Å². The monoisotopic (exact) mass is 455 g/mol. The van der Waals surface area contributed by atoms with Crippen molar-refractivity contribution in [3.8, 4) is 5.75 Å². The number of hydrogen-bond donors (Lipinski definition) is 1. The Hall–Kier alpha value is -3.42. The molecule has 1 N–H and O–H groups in total. The number of fused-ring (bicyclic) bond motifs is 1. The van der Waals surface area contributed by atoms with Gasteiger partial charge < -0.3 is 10.1 Å². The molecule has 33 heavy (non-hydrogen) atoms. The second kappa shape index (κ2) is 10.5. The molecule has 1 heterocycles. The van der Waals surface area contributed by atoms with Gasteiger partial charge in [0.1, 0.15) is 11.6 Å². The fourth-order valence-corrected chi connectivity index (χ4v) is 3.82. The Morgan fingerprint density at radius 1 is 1.09 bits per heavy atom. The van der Waals surface area contributed by atoms with Crippen LogP contribution >= 0.6 is 0 Å². The normalized spacial score (nSPS) is 12.0. The largest absolute Gasteiger partial charge is 0.493 e. The molecule has 0 aliphatic rings. The van der Waals surface area contributed by atoms with Crippen LogP contribution in [0.15, 0.2) is 46.0 Å². The molecule has 8 heteroatoms. The van der Waals surface area contributed by atoms with Crippen LogP contribution in [-0.4, -0.2) is 21.6 Å². The third-order valence-electron chi connectivity index (χ3n) is 5.69. The van der Waals surface area contributed by atoms with Crippen LogP contribution in [0, 0.1) is 18.7 Å². The summed E-state index contributed by atoms with van der Waals surface area (Å²) in [4.78, 5) is 37.8. The van der Waals surface area contributed by atoms with E-state index in [1.165, 1.54) is 16.7 Å². The lowest BCUT2D eigenvalue weighted by Gasteiger charge is -2.15. The Labute approximate surface area is 191 Å². The summed E-state index contributed by atoms with van der Waals surface area (Å²) in [5, 5.41) is 3.23. The number of nitrogens with one attached hydrogen (secondary N) is 1. The van der Waals surface area contributed by atoms with E-state index in [-0.39, 0.29) is 41.9 Å². The molecule has 0 fully saturated rings. The third-order valence-corrected chi connectivity index (χ3v) is 5.69. The van der Waals surface area contributed by atoms with E-state index in [4.69, 9.17) is 4.74 Å². The van der Waals surface area contributed by atoms with E-state index in [0.717, 1.165) is 5.56 Å². The molecule has 0 aliphatic heterocycles. The third kappa shape index (κ3) is 5.50. The Balaban J connectivity index is 1.65. The molecule has 0 spiro atoms. The number of aryl methyl sites for hydroxylation is 2. The summed E-state index contributed by atoms with van der Waals surface area (Å²) in [6.45, 7) is 8.49. The summed E-state index contributed by atoms with van der Waals surface area (Å²) < 4.78 is 21.8. The van der Waals surface area contributed by atoms with Crippen LogP contribution in [0.2, 0.25) is 0 Å². The Bertz CT molecular complexity index is 1280. The van der Waals surface area contributed by atoms with E-state index >= 15 is 0 Å². The fourth-order valence-electron chi connectivity index (χ4n) is 3.82. The minimum Gasteiger partial charge on any atom is -0.493 e. The number of aromatic nitrogens is 2. The second-order valence-electron chi connectivity index (χ2n) is 8.21. The zero-order valence-electron chi connectivity index (χ0n) is 19.5. The summed E-state index contributed by atoms with van der Waals surface area (Å²) in [6, 6.07) is 9.42. The lowest BCUT2D eigenvalue weighted by atomic mass is 10.0. The SMILES string of the molecule is CCn1c(=O)c2cc(NC(=O)CC(C)CCOc3cc(F)ccc3C)ccc2n(CC)c1=O. The maximum atomic E-state index is 13.4. The molecule has 0 aliphatic carbocycles. The lowest BCUT2D eigenvalue weighted by molar-refractivity contribution is -0.117. The number of ether oxygens (including phenoxy) is 1. The molecular formula is C25H30FN3O4. The number of halogens is 1. The van der Waals surface area contributed by atoms with Crippen molar-refractivity contribution < 1.29 is 13.9 Å². The summed E-state index contributed by atoms with van der Waals surface area (Å²) >= 11 is 0. The van der Waals surface area contributed by atoms with Crippen LogP contribution in [0.5, 0.6) is 5.75 Å². The lowest BCUT2D eigenvalue weighted by Crippen LogP contribution is -2.39. The summed E-state index contributed by atoms with van der Waals surface area (Å²) in [5.41, 5.74) is 1.21. The molecule has 0 bridgehead atoms. The van der Waals surface area contributed by atoms with Crippen molar-refractivity contribution >= 4 is 22.5 Å². The first kappa shape index (κ1) is 24.2. The average Bonchev–Trinajstić information content (AvgIpc) is 2.77. The van der Waals surface area contributed by atoms with E-state index in [1.54, 1.807) is 35.8 Å². The van der Waals surface area contributed by atoms with E-state index in [0.29, 0.717) is 41.9 Å². The van der Waals surface area contributed by atoms with Gasteiger partial charge in [-0.3, -0.25) is 18.7 Å².